The van der Waals surface area contributed by atoms with Gasteiger partial charge >= 0.3 is 0 Å². The van der Waals surface area contributed by atoms with Gasteiger partial charge in [0, 0.05) is 12.2 Å². The number of carbonyl (C=O) groups is 1. The first-order valence-corrected chi connectivity index (χ1v) is 6.58. The number of hydrogen-bond donors (Lipinski definition) is 2. The second-order valence-electron chi connectivity index (χ2n) is 4.90. The zero-order valence-corrected chi connectivity index (χ0v) is 11.0. The number of benzene rings is 1. The van der Waals surface area contributed by atoms with E-state index in [1.54, 1.807) is 18.2 Å². The van der Waals surface area contributed by atoms with E-state index in [1.165, 1.54) is 12.8 Å². The number of nitrogens with two attached hydrogens (primary N) is 1. The van der Waals surface area contributed by atoms with Crippen LogP contribution in [0.25, 0.3) is 0 Å². The number of ether oxygens (including phenoxy) is 1. The average Bonchev–Trinajstić information content (AvgIpc) is 3.20. The first-order chi connectivity index (χ1) is 9.19. The summed E-state index contributed by atoms with van der Waals surface area (Å²) in [5.74, 6) is 1.29. The maximum Gasteiger partial charge on any atom is 0.257 e. The van der Waals surface area contributed by atoms with Gasteiger partial charge in [-0.3, -0.25) is 4.79 Å². The second kappa shape index (κ2) is 6.27. The number of hydrogen-bond acceptors (Lipinski definition) is 3. The van der Waals surface area contributed by atoms with Crippen molar-refractivity contribution in [3.8, 4) is 5.75 Å². The standard InChI is InChI=1S/C15H20N2O2/c1-2-3-12-8-13(16)6-7-14(12)19-10-15(18)17-9-11-4-5-11/h2,6-8,11H,1,3-5,9-10,16H2,(H,17,18). The molecule has 1 aromatic carbocycles. The maximum absolute atomic E-state index is 11.6. The quantitative estimate of drug-likeness (QED) is 0.581. The van der Waals surface area contributed by atoms with Gasteiger partial charge in [-0.15, -0.1) is 6.58 Å². The van der Waals surface area contributed by atoms with Crippen molar-refractivity contribution in [1.82, 2.24) is 5.32 Å². The van der Waals surface area contributed by atoms with Gasteiger partial charge in [0.15, 0.2) is 6.61 Å². The fourth-order valence-corrected chi connectivity index (χ4v) is 1.83. The third-order valence-electron chi connectivity index (χ3n) is 3.09. The van der Waals surface area contributed by atoms with Crippen molar-refractivity contribution in [2.75, 3.05) is 18.9 Å². The van der Waals surface area contributed by atoms with Crippen LogP contribution >= 0.6 is 0 Å². The summed E-state index contributed by atoms with van der Waals surface area (Å²) in [5, 5.41) is 2.87. The topological polar surface area (TPSA) is 64.3 Å². The highest BCUT2D eigenvalue weighted by Crippen LogP contribution is 2.27. The third kappa shape index (κ3) is 4.32. The molecule has 1 aliphatic rings. The van der Waals surface area contributed by atoms with Gasteiger partial charge in [0.05, 0.1) is 0 Å². The molecule has 1 aromatic rings. The first kappa shape index (κ1) is 13.5. The molecule has 0 bridgehead atoms. The number of anilines is 1. The molecule has 0 spiro atoms. The summed E-state index contributed by atoms with van der Waals surface area (Å²) in [4.78, 5) is 11.6. The number of allylic oxidation sites excluding steroid dienone is 1. The van der Waals surface area contributed by atoms with Crippen LogP contribution in [0.4, 0.5) is 5.69 Å². The van der Waals surface area contributed by atoms with Crippen molar-refractivity contribution in [2.24, 2.45) is 5.92 Å². The number of amides is 1. The fourth-order valence-electron chi connectivity index (χ4n) is 1.83. The minimum atomic E-state index is -0.0757. The molecule has 1 fully saturated rings. The van der Waals surface area contributed by atoms with Crippen LogP contribution in [0.15, 0.2) is 30.9 Å². The summed E-state index contributed by atoms with van der Waals surface area (Å²) in [6.07, 6.45) is 4.91. The van der Waals surface area contributed by atoms with Crippen molar-refractivity contribution >= 4 is 11.6 Å². The molecule has 102 valence electrons. The van der Waals surface area contributed by atoms with Crippen LogP contribution < -0.4 is 15.8 Å². The van der Waals surface area contributed by atoms with E-state index in [1.807, 2.05) is 6.07 Å². The zero-order chi connectivity index (χ0) is 13.7. The van der Waals surface area contributed by atoms with Crippen LogP contribution in [0.1, 0.15) is 18.4 Å². The summed E-state index contributed by atoms with van der Waals surface area (Å²) in [6, 6.07) is 5.41. The molecule has 0 aliphatic heterocycles. The zero-order valence-electron chi connectivity index (χ0n) is 11.0. The lowest BCUT2D eigenvalue weighted by molar-refractivity contribution is -0.123. The fraction of sp³-hybridized carbons (Fsp3) is 0.400. The lowest BCUT2D eigenvalue weighted by Gasteiger charge is -2.11. The smallest absolute Gasteiger partial charge is 0.257 e. The lowest BCUT2D eigenvalue weighted by Crippen LogP contribution is -2.30. The number of rotatable bonds is 7. The molecule has 0 saturated heterocycles. The van der Waals surface area contributed by atoms with Crippen molar-refractivity contribution < 1.29 is 9.53 Å². The SMILES string of the molecule is C=CCc1cc(N)ccc1OCC(=O)NCC1CC1. The summed E-state index contributed by atoms with van der Waals surface area (Å²) in [6.45, 7) is 4.51. The monoisotopic (exact) mass is 260 g/mol. The Morgan fingerprint density at radius 3 is 3.00 bits per heavy atom. The number of nitrogen functional groups attached to an aromatic ring is 1. The Balaban J connectivity index is 1.86. The summed E-state index contributed by atoms with van der Waals surface area (Å²) < 4.78 is 5.54. The van der Waals surface area contributed by atoms with Gasteiger partial charge in [-0.2, -0.15) is 0 Å². The van der Waals surface area contributed by atoms with Crippen molar-refractivity contribution in [2.45, 2.75) is 19.3 Å². The molecule has 0 heterocycles. The highest BCUT2D eigenvalue weighted by Gasteiger charge is 2.21. The van der Waals surface area contributed by atoms with E-state index < -0.39 is 0 Å². The van der Waals surface area contributed by atoms with Gasteiger partial charge in [-0.1, -0.05) is 6.08 Å². The molecule has 2 rings (SSSR count). The molecule has 0 atom stereocenters. The highest BCUT2D eigenvalue weighted by molar-refractivity contribution is 5.77. The van der Waals surface area contributed by atoms with Crippen LogP contribution in [-0.4, -0.2) is 19.1 Å². The van der Waals surface area contributed by atoms with Crippen molar-refractivity contribution in [1.29, 1.82) is 0 Å². The molecule has 4 nitrogen and oxygen atoms in total. The Morgan fingerprint density at radius 1 is 1.53 bits per heavy atom. The van der Waals surface area contributed by atoms with Crippen LogP contribution in [0.2, 0.25) is 0 Å². The largest absolute Gasteiger partial charge is 0.483 e. The number of carbonyl (C=O) groups excluding carboxylic acids is 1. The third-order valence-corrected chi connectivity index (χ3v) is 3.09. The minimum absolute atomic E-state index is 0.0424. The van der Waals surface area contributed by atoms with Crippen LogP contribution in [0.3, 0.4) is 0 Å². The van der Waals surface area contributed by atoms with Crippen molar-refractivity contribution in [3.63, 3.8) is 0 Å². The normalized spacial score (nSPS) is 13.9. The van der Waals surface area contributed by atoms with E-state index in [9.17, 15) is 4.79 Å². The predicted octanol–water partition coefficient (Wildman–Crippen LogP) is 1.90. The van der Waals surface area contributed by atoms with Gasteiger partial charge < -0.3 is 15.8 Å². The molecule has 1 aliphatic carbocycles. The highest BCUT2D eigenvalue weighted by atomic mass is 16.5. The van der Waals surface area contributed by atoms with Gasteiger partial charge in [0.1, 0.15) is 5.75 Å². The summed E-state index contributed by atoms with van der Waals surface area (Å²) >= 11 is 0. The Kier molecular flexibility index (Phi) is 4.44. The van der Waals surface area contributed by atoms with Gasteiger partial charge in [0.25, 0.3) is 5.91 Å². The molecule has 0 unspecified atom stereocenters. The molecule has 0 aromatic heterocycles. The second-order valence-corrected chi connectivity index (χ2v) is 4.90. The Morgan fingerprint density at radius 2 is 2.32 bits per heavy atom. The van der Waals surface area contributed by atoms with Crippen LogP contribution in [0, 0.1) is 5.92 Å². The Bertz CT molecular complexity index is 467. The Labute approximate surface area is 113 Å². The first-order valence-electron chi connectivity index (χ1n) is 6.58. The Hall–Kier alpha value is -1.97. The summed E-state index contributed by atoms with van der Waals surface area (Å²) in [5.41, 5.74) is 7.36. The van der Waals surface area contributed by atoms with E-state index in [2.05, 4.69) is 11.9 Å². The van der Waals surface area contributed by atoms with Gasteiger partial charge in [-0.25, -0.2) is 0 Å². The molecular formula is C15H20N2O2. The number of nitrogens with one attached hydrogen (secondary N) is 1. The van der Waals surface area contributed by atoms with E-state index in [0.717, 1.165) is 12.1 Å². The molecule has 3 N–H and O–H groups in total. The van der Waals surface area contributed by atoms with E-state index in [0.29, 0.717) is 23.8 Å². The van der Waals surface area contributed by atoms with E-state index >= 15 is 0 Å². The van der Waals surface area contributed by atoms with Crippen molar-refractivity contribution in [3.05, 3.63) is 36.4 Å². The predicted molar refractivity (Wildman–Crippen MR) is 76.0 cm³/mol. The molecule has 19 heavy (non-hydrogen) atoms. The maximum atomic E-state index is 11.6. The average molecular weight is 260 g/mol. The molecule has 4 heteroatoms. The van der Waals surface area contributed by atoms with Crippen LogP contribution in [-0.2, 0) is 11.2 Å². The molecule has 0 radical (unpaired) electrons. The van der Waals surface area contributed by atoms with Gasteiger partial charge in [0.2, 0.25) is 0 Å². The minimum Gasteiger partial charge on any atom is -0.483 e. The summed E-state index contributed by atoms with van der Waals surface area (Å²) in [7, 11) is 0. The molecule has 1 amide bonds. The lowest BCUT2D eigenvalue weighted by atomic mass is 10.1. The van der Waals surface area contributed by atoms with Gasteiger partial charge in [-0.05, 0) is 48.9 Å². The van der Waals surface area contributed by atoms with E-state index in [-0.39, 0.29) is 12.5 Å². The van der Waals surface area contributed by atoms with Crippen LogP contribution in [0.5, 0.6) is 5.75 Å². The molecular weight excluding hydrogens is 240 g/mol. The van der Waals surface area contributed by atoms with E-state index in [4.69, 9.17) is 10.5 Å². The molecule has 1 saturated carbocycles.